The number of rotatable bonds is 7. The second-order valence-corrected chi connectivity index (χ2v) is 17.3. The van der Waals surface area contributed by atoms with E-state index in [0.717, 1.165) is 110 Å². The standard InChI is InChI=1S/C61H37N7O/c1-3-13-38(14-4-1)40-23-27-42(28-24-40)59-64-60(43-29-25-41(26-30-43)39-15-5-2-6-16-39)66-61(65-59)68-50-20-10-7-17-45(50)47-32-33-52-56(57(47)68)48-19-8-11-21-51(48)67(52)55-35-36-62-58(63-55)44-31-34-54-49(37-44)46-18-9-12-22-53(46)69-54/h1-37H. The molecule has 0 aliphatic carbocycles. The van der Waals surface area contributed by atoms with Crippen LogP contribution in [0.5, 0.6) is 0 Å². The van der Waals surface area contributed by atoms with Gasteiger partial charge in [-0.15, -0.1) is 0 Å². The summed E-state index contributed by atoms with van der Waals surface area (Å²) in [4.78, 5) is 26.1. The third-order valence-electron chi connectivity index (χ3n) is 13.3. The van der Waals surface area contributed by atoms with Gasteiger partial charge in [-0.1, -0.05) is 170 Å². The quantitative estimate of drug-likeness (QED) is 0.158. The summed E-state index contributed by atoms with van der Waals surface area (Å²) in [6, 6.07) is 75.6. The van der Waals surface area contributed by atoms with Gasteiger partial charge in [0.1, 0.15) is 17.0 Å². The fourth-order valence-corrected chi connectivity index (χ4v) is 10.0. The van der Waals surface area contributed by atoms with E-state index in [-0.39, 0.29) is 0 Å². The van der Waals surface area contributed by atoms with E-state index in [2.05, 4.69) is 179 Å². The Kier molecular flexibility index (Phi) is 8.72. The van der Waals surface area contributed by atoms with Gasteiger partial charge in [0.25, 0.3) is 0 Å². The van der Waals surface area contributed by atoms with E-state index >= 15 is 0 Å². The van der Waals surface area contributed by atoms with Crippen LogP contribution in [0.25, 0.3) is 134 Å². The Labute approximate surface area is 395 Å². The molecular weight excluding hydrogens is 847 g/mol. The molecule has 8 nitrogen and oxygen atoms in total. The maximum atomic E-state index is 6.16. The van der Waals surface area contributed by atoms with E-state index in [1.54, 1.807) is 0 Å². The van der Waals surface area contributed by atoms with Gasteiger partial charge in [0.15, 0.2) is 17.5 Å². The van der Waals surface area contributed by atoms with Crippen LogP contribution in [0, 0.1) is 0 Å². The van der Waals surface area contributed by atoms with E-state index in [9.17, 15) is 0 Å². The summed E-state index contributed by atoms with van der Waals surface area (Å²) in [6.45, 7) is 0. The van der Waals surface area contributed by atoms with Crippen molar-refractivity contribution < 1.29 is 4.42 Å². The van der Waals surface area contributed by atoms with E-state index in [1.807, 2.05) is 54.7 Å². The molecule has 8 heteroatoms. The summed E-state index contributed by atoms with van der Waals surface area (Å²) in [7, 11) is 0. The lowest BCUT2D eigenvalue weighted by molar-refractivity contribution is 0.669. The maximum absolute atomic E-state index is 6.16. The highest BCUT2D eigenvalue weighted by atomic mass is 16.3. The van der Waals surface area contributed by atoms with Crippen LogP contribution in [0.3, 0.4) is 0 Å². The summed E-state index contributed by atoms with van der Waals surface area (Å²) in [5.41, 5.74) is 12.9. The molecule has 322 valence electrons. The lowest BCUT2D eigenvalue weighted by Crippen LogP contribution is -2.06. The van der Waals surface area contributed by atoms with Crippen molar-refractivity contribution in [2.75, 3.05) is 0 Å². The lowest BCUT2D eigenvalue weighted by atomic mass is 10.0. The molecule has 0 fully saturated rings. The average Bonchev–Trinajstić information content (AvgIpc) is 4.09. The largest absolute Gasteiger partial charge is 0.456 e. The zero-order valence-corrected chi connectivity index (χ0v) is 36.9. The van der Waals surface area contributed by atoms with Gasteiger partial charge in [0.2, 0.25) is 5.95 Å². The molecule has 0 aliphatic rings. The molecule has 0 N–H and O–H groups in total. The van der Waals surface area contributed by atoms with E-state index < -0.39 is 0 Å². The molecule has 9 aromatic carbocycles. The number of benzene rings is 9. The summed E-state index contributed by atoms with van der Waals surface area (Å²) in [6.07, 6.45) is 1.85. The molecule has 69 heavy (non-hydrogen) atoms. The summed E-state index contributed by atoms with van der Waals surface area (Å²) < 4.78 is 10.6. The van der Waals surface area contributed by atoms with E-state index in [1.165, 1.54) is 0 Å². The number of para-hydroxylation sites is 3. The van der Waals surface area contributed by atoms with Gasteiger partial charge < -0.3 is 4.42 Å². The Morgan fingerprint density at radius 3 is 1.54 bits per heavy atom. The summed E-state index contributed by atoms with van der Waals surface area (Å²) >= 11 is 0. The Morgan fingerprint density at radius 2 is 0.855 bits per heavy atom. The average molecular weight is 884 g/mol. The van der Waals surface area contributed by atoms with Gasteiger partial charge in [-0.3, -0.25) is 9.13 Å². The number of furan rings is 1. The fraction of sp³-hybridized carbons (Fsp3) is 0. The van der Waals surface area contributed by atoms with Gasteiger partial charge in [0.05, 0.1) is 22.1 Å². The number of fused-ring (bicyclic) bond motifs is 10. The van der Waals surface area contributed by atoms with Gasteiger partial charge in [0, 0.05) is 55.2 Å². The van der Waals surface area contributed by atoms with E-state index in [4.69, 9.17) is 29.3 Å². The smallest absolute Gasteiger partial charge is 0.238 e. The van der Waals surface area contributed by atoms with Crippen molar-refractivity contribution in [1.82, 2.24) is 34.1 Å². The number of hydrogen-bond donors (Lipinski definition) is 0. The predicted molar refractivity (Wildman–Crippen MR) is 279 cm³/mol. The maximum Gasteiger partial charge on any atom is 0.238 e. The topological polar surface area (TPSA) is 87.5 Å². The van der Waals surface area contributed by atoms with Crippen LogP contribution in [0.1, 0.15) is 0 Å². The molecule has 0 spiro atoms. The Morgan fingerprint density at radius 1 is 0.319 bits per heavy atom. The second-order valence-electron chi connectivity index (χ2n) is 17.3. The summed E-state index contributed by atoms with van der Waals surface area (Å²) in [5.74, 6) is 3.07. The molecule has 5 aromatic heterocycles. The number of aromatic nitrogens is 7. The first-order valence-corrected chi connectivity index (χ1v) is 23.0. The molecular formula is C61H37N7O. The highest BCUT2D eigenvalue weighted by Crippen LogP contribution is 2.42. The van der Waals surface area contributed by atoms with E-state index in [0.29, 0.717) is 23.4 Å². The highest BCUT2D eigenvalue weighted by molar-refractivity contribution is 6.26. The van der Waals surface area contributed by atoms with Crippen molar-refractivity contribution in [3.8, 4) is 68.2 Å². The minimum Gasteiger partial charge on any atom is -0.456 e. The Balaban J connectivity index is 0.988. The molecule has 0 radical (unpaired) electrons. The van der Waals surface area contributed by atoms with Crippen molar-refractivity contribution in [2.45, 2.75) is 0 Å². The zero-order valence-electron chi connectivity index (χ0n) is 36.9. The van der Waals surface area contributed by atoms with Crippen LogP contribution in [0.15, 0.2) is 229 Å². The van der Waals surface area contributed by atoms with Crippen LogP contribution in [0.2, 0.25) is 0 Å². The van der Waals surface area contributed by atoms with Crippen LogP contribution in [-0.2, 0) is 0 Å². The molecule has 0 aliphatic heterocycles. The predicted octanol–water partition coefficient (Wildman–Crippen LogP) is 15.1. The molecule has 0 atom stereocenters. The van der Waals surface area contributed by atoms with Crippen molar-refractivity contribution in [1.29, 1.82) is 0 Å². The molecule has 0 bridgehead atoms. The van der Waals surface area contributed by atoms with Gasteiger partial charge in [-0.05, 0) is 70.8 Å². The van der Waals surface area contributed by atoms with Crippen molar-refractivity contribution in [3.63, 3.8) is 0 Å². The van der Waals surface area contributed by atoms with Crippen LogP contribution in [-0.4, -0.2) is 34.1 Å². The monoisotopic (exact) mass is 883 g/mol. The van der Waals surface area contributed by atoms with Crippen LogP contribution < -0.4 is 0 Å². The minimum atomic E-state index is 0.524. The Hall–Kier alpha value is -9.53. The fourth-order valence-electron chi connectivity index (χ4n) is 10.0. The first-order valence-electron chi connectivity index (χ1n) is 23.0. The number of hydrogen-bond acceptors (Lipinski definition) is 6. The van der Waals surface area contributed by atoms with Crippen molar-refractivity contribution in [3.05, 3.63) is 225 Å². The normalized spacial score (nSPS) is 11.8. The van der Waals surface area contributed by atoms with Crippen molar-refractivity contribution in [2.24, 2.45) is 0 Å². The molecule has 0 amide bonds. The molecule has 0 saturated heterocycles. The molecule has 0 unspecified atom stereocenters. The molecule has 0 saturated carbocycles. The van der Waals surface area contributed by atoms with Crippen LogP contribution in [0.4, 0.5) is 0 Å². The van der Waals surface area contributed by atoms with Crippen molar-refractivity contribution >= 4 is 65.6 Å². The first-order chi connectivity index (χ1) is 34.2. The minimum absolute atomic E-state index is 0.524. The first kappa shape index (κ1) is 38.7. The molecule has 14 rings (SSSR count). The second kappa shape index (κ2) is 15.5. The van der Waals surface area contributed by atoms with Gasteiger partial charge >= 0.3 is 0 Å². The lowest BCUT2D eigenvalue weighted by Gasteiger charge is -2.12. The third-order valence-corrected chi connectivity index (χ3v) is 13.3. The SMILES string of the molecule is c1ccc(-c2ccc(-c3nc(-c4ccc(-c5ccccc5)cc4)nc(-n4c5ccccc5c5ccc6c(c7ccccc7n6-c6ccnc(-c7ccc8oc9ccccc9c8c7)n6)c54)n3)cc2)cc1. The van der Waals surface area contributed by atoms with Gasteiger partial charge in [-0.2, -0.15) is 9.97 Å². The Bertz CT molecular complexity index is 4190. The molecule has 14 aromatic rings. The van der Waals surface area contributed by atoms with Gasteiger partial charge in [-0.25, -0.2) is 15.0 Å². The molecule has 5 heterocycles. The highest BCUT2D eigenvalue weighted by Gasteiger charge is 2.24. The zero-order chi connectivity index (χ0) is 45.4. The summed E-state index contributed by atoms with van der Waals surface area (Å²) in [5, 5.41) is 6.42. The van der Waals surface area contributed by atoms with Crippen LogP contribution >= 0.6 is 0 Å². The third kappa shape index (κ3) is 6.34. The number of nitrogens with zero attached hydrogens (tertiary/aromatic N) is 7.